The molecule has 0 bridgehead atoms. The Morgan fingerprint density at radius 2 is 2.04 bits per heavy atom. The van der Waals surface area contributed by atoms with Crippen molar-refractivity contribution in [2.75, 3.05) is 19.6 Å². The summed E-state index contributed by atoms with van der Waals surface area (Å²) in [5, 5.41) is 5.45. The largest absolute Gasteiger partial charge is 0.390 e. The third kappa shape index (κ3) is 3.51. The Hall–Kier alpha value is -2.15. The molecule has 1 saturated heterocycles. The van der Waals surface area contributed by atoms with Crippen LogP contribution >= 0.6 is 15.9 Å². The molecular weight excluding hydrogens is 374 g/mol. The highest BCUT2D eigenvalue weighted by Gasteiger charge is 2.27. The maximum absolute atomic E-state index is 12.1. The zero-order chi connectivity index (χ0) is 17.1. The summed E-state index contributed by atoms with van der Waals surface area (Å²) < 4.78 is 0.808. The van der Waals surface area contributed by atoms with Gasteiger partial charge in [0.25, 0.3) is 11.8 Å². The lowest BCUT2D eigenvalue weighted by molar-refractivity contribution is -0.127. The zero-order valence-corrected chi connectivity index (χ0v) is 14.7. The minimum Gasteiger partial charge on any atom is -0.390 e. The van der Waals surface area contributed by atoms with Crippen molar-refractivity contribution >= 4 is 39.2 Å². The number of hydrogen-bond donors (Lipinski definition) is 2. The van der Waals surface area contributed by atoms with Crippen LogP contribution in [0.25, 0.3) is 5.57 Å². The van der Waals surface area contributed by atoms with E-state index >= 15 is 0 Å². The van der Waals surface area contributed by atoms with E-state index in [4.69, 9.17) is 0 Å². The molecule has 2 heterocycles. The molecule has 1 fully saturated rings. The lowest BCUT2D eigenvalue weighted by Gasteiger charge is -2.19. The van der Waals surface area contributed by atoms with Crippen LogP contribution in [0.15, 0.2) is 28.9 Å². The van der Waals surface area contributed by atoms with Gasteiger partial charge < -0.3 is 10.2 Å². The summed E-state index contributed by atoms with van der Waals surface area (Å²) in [6.45, 7) is 2.21. The maximum atomic E-state index is 12.1. The number of likely N-dealkylation sites (tertiary alicyclic amines) is 1. The van der Waals surface area contributed by atoms with Gasteiger partial charge in [0.2, 0.25) is 5.91 Å². The Morgan fingerprint density at radius 3 is 2.79 bits per heavy atom. The molecule has 0 unspecified atom stereocenters. The molecule has 6 nitrogen and oxygen atoms in total. The first-order chi connectivity index (χ1) is 11.6. The Labute approximate surface area is 148 Å². The lowest BCUT2D eigenvalue weighted by Crippen LogP contribution is -2.37. The summed E-state index contributed by atoms with van der Waals surface area (Å²) in [6, 6.07) is 5.22. The van der Waals surface area contributed by atoms with Gasteiger partial charge in [0, 0.05) is 47.9 Å². The SMILES string of the molecule is O=C1NC(=O)c2ccc(Br)cc2/C1=C/NCCCN1CCCC1=O. The van der Waals surface area contributed by atoms with Crippen molar-refractivity contribution in [2.24, 2.45) is 0 Å². The molecule has 2 N–H and O–H groups in total. The Kier molecular flexibility index (Phi) is 4.99. The number of carbonyl (C=O) groups excluding carboxylic acids is 3. The molecule has 0 spiro atoms. The van der Waals surface area contributed by atoms with Crippen molar-refractivity contribution < 1.29 is 14.4 Å². The van der Waals surface area contributed by atoms with Crippen molar-refractivity contribution in [1.82, 2.24) is 15.5 Å². The zero-order valence-electron chi connectivity index (χ0n) is 13.1. The number of nitrogens with one attached hydrogen (secondary N) is 2. The van der Waals surface area contributed by atoms with Crippen LogP contribution in [0.3, 0.4) is 0 Å². The van der Waals surface area contributed by atoms with Crippen LogP contribution in [-0.2, 0) is 9.59 Å². The molecular formula is C17H18BrN3O3. The molecule has 0 aliphatic carbocycles. The molecule has 2 aliphatic heterocycles. The van der Waals surface area contributed by atoms with Crippen LogP contribution < -0.4 is 10.6 Å². The number of halogens is 1. The van der Waals surface area contributed by atoms with Gasteiger partial charge in [-0.2, -0.15) is 0 Å². The van der Waals surface area contributed by atoms with Crippen molar-refractivity contribution in [2.45, 2.75) is 19.3 Å². The van der Waals surface area contributed by atoms with Crippen LogP contribution in [0.2, 0.25) is 0 Å². The normalized spacial score (nSPS) is 18.8. The first kappa shape index (κ1) is 16.7. The van der Waals surface area contributed by atoms with E-state index in [1.165, 1.54) is 0 Å². The lowest BCUT2D eigenvalue weighted by atomic mass is 9.96. The summed E-state index contributed by atoms with van der Waals surface area (Å²) in [4.78, 5) is 37.4. The number of benzene rings is 1. The fourth-order valence-corrected chi connectivity index (χ4v) is 3.29. The summed E-state index contributed by atoms with van der Waals surface area (Å²) in [5.74, 6) is -0.572. The number of carbonyl (C=O) groups is 3. The second-order valence-electron chi connectivity index (χ2n) is 5.82. The van der Waals surface area contributed by atoms with E-state index in [9.17, 15) is 14.4 Å². The van der Waals surface area contributed by atoms with Crippen molar-refractivity contribution in [3.05, 3.63) is 40.0 Å². The molecule has 126 valence electrons. The van der Waals surface area contributed by atoms with Gasteiger partial charge in [-0.05, 0) is 31.0 Å². The van der Waals surface area contributed by atoms with Gasteiger partial charge in [-0.1, -0.05) is 15.9 Å². The average Bonchev–Trinajstić information content (AvgIpc) is 2.94. The van der Waals surface area contributed by atoms with E-state index in [1.54, 1.807) is 24.4 Å². The minimum absolute atomic E-state index is 0.220. The van der Waals surface area contributed by atoms with Crippen molar-refractivity contribution in [3.63, 3.8) is 0 Å². The minimum atomic E-state index is -0.409. The first-order valence-electron chi connectivity index (χ1n) is 7.93. The molecule has 0 atom stereocenters. The van der Waals surface area contributed by atoms with Crippen molar-refractivity contribution in [1.29, 1.82) is 0 Å². The Balaban J connectivity index is 1.63. The van der Waals surface area contributed by atoms with Crippen LogP contribution in [0.4, 0.5) is 0 Å². The van der Waals surface area contributed by atoms with E-state index in [0.29, 0.717) is 29.7 Å². The summed E-state index contributed by atoms with van der Waals surface area (Å²) in [6.07, 6.45) is 4.04. The van der Waals surface area contributed by atoms with E-state index in [-0.39, 0.29) is 11.8 Å². The van der Waals surface area contributed by atoms with E-state index < -0.39 is 5.91 Å². The van der Waals surface area contributed by atoms with Crippen molar-refractivity contribution in [3.8, 4) is 0 Å². The second-order valence-corrected chi connectivity index (χ2v) is 6.74. The molecule has 3 amide bonds. The number of nitrogens with zero attached hydrogens (tertiary/aromatic N) is 1. The van der Waals surface area contributed by atoms with E-state index in [2.05, 4.69) is 26.6 Å². The van der Waals surface area contributed by atoms with Crippen LogP contribution in [-0.4, -0.2) is 42.3 Å². The van der Waals surface area contributed by atoms with Gasteiger partial charge in [0.15, 0.2) is 0 Å². The predicted octanol–water partition coefficient (Wildman–Crippen LogP) is 1.66. The molecule has 0 aromatic heterocycles. The third-order valence-electron chi connectivity index (χ3n) is 4.16. The van der Waals surface area contributed by atoms with Gasteiger partial charge in [-0.25, -0.2) is 0 Å². The van der Waals surface area contributed by atoms with Gasteiger partial charge >= 0.3 is 0 Å². The number of fused-ring (bicyclic) bond motifs is 1. The summed E-state index contributed by atoms with van der Waals surface area (Å²) in [5.41, 5.74) is 1.53. The average molecular weight is 392 g/mol. The van der Waals surface area contributed by atoms with E-state index in [1.807, 2.05) is 4.90 Å². The van der Waals surface area contributed by atoms with Gasteiger partial charge in [-0.15, -0.1) is 0 Å². The van der Waals surface area contributed by atoms with Gasteiger partial charge in [-0.3, -0.25) is 19.7 Å². The molecule has 1 aromatic rings. The first-order valence-corrected chi connectivity index (χ1v) is 8.72. The van der Waals surface area contributed by atoms with E-state index in [0.717, 1.165) is 30.4 Å². The monoisotopic (exact) mass is 391 g/mol. The topological polar surface area (TPSA) is 78.5 Å². The summed E-state index contributed by atoms with van der Waals surface area (Å²) in [7, 11) is 0. The molecule has 24 heavy (non-hydrogen) atoms. The van der Waals surface area contributed by atoms with Crippen LogP contribution in [0.5, 0.6) is 0 Å². The molecule has 0 radical (unpaired) electrons. The highest BCUT2D eigenvalue weighted by molar-refractivity contribution is 9.10. The standard InChI is InChI=1S/C17H18BrN3O3/c18-11-4-5-12-13(9-11)14(17(24)20-16(12)23)10-19-6-2-8-21-7-1-3-15(21)22/h4-5,9-10,19H,1-3,6-8H2,(H,20,23,24)/b14-10-. The highest BCUT2D eigenvalue weighted by atomic mass is 79.9. The maximum Gasteiger partial charge on any atom is 0.260 e. The quantitative estimate of drug-likeness (QED) is 0.454. The van der Waals surface area contributed by atoms with Gasteiger partial charge in [0.05, 0.1) is 5.57 Å². The van der Waals surface area contributed by atoms with Crippen LogP contribution in [0.1, 0.15) is 35.2 Å². The molecule has 7 heteroatoms. The fraction of sp³-hybridized carbons (Fsp3) is 0.353. The molecule has 3 rings (SSSR count). The fourth-order valence-electron chi connectivity index (χ4n) is 2.93. The highest BCUT2D eigenvalue weighted by Crippen LogP contribution is 2.26. The second kappa shape index (κ2) is 7.17. The number of rotatable bonds is 5. The molecule has 1 aromatic carbocycles. The third-order valence-corrected chi connectivity index (χ3v) is 4.65. The molecule has 2 aliphatic rings. The number of hydrogen-bond acceptors (Lipinski definition) is 4. The summed E-state index contributed by atoms with van der Waals surface area (Å²) >= 11 is 3.37. The smallest absolute Gasteiger partial charge is 0.260 e. The predicted molar refractivity (Wildman–Crippen MR) is 93.0 cm³/mol. The number of imide groups is 1. The molecule has 0 saturated carbocycles. The Morgan fingerprint density at radius 1 is 1.21 bits per heavy atom. The van der Waals surface area contributed by atoms with Crippen LogP contribution in [0, 0.1) is 0 Å². The number of amides is 3. The Bertz CT molecular complexity index is 730. The van der Waals surface area contributed by atoms with Gasteiger partial charge in [0.1, 0.15) is 0 Å².